The molecule has 8 heteroatoms. The van der Waals surface area contributed by atoms with Gasteiger partial charge in [0.25, 0.3) is 0 Å². The third kappa shape index (κ3) is 3.46. The Balaban J connectivity index is 1.69. The van der Waals surface area contributed by atoms with E-state index in [9.17, 15) is 13.2 Å². The number of hydrogen-bond donors (Lipinski definition) is 0. The normalized spacial score (nSPS) is 17.9. The molecule has 2 aromatic heterocycles. The van der Waals surface area contributed by atoms with Gasteiger partial charge in [-0.3, -0.25) is 0 Å². The Labute approximate surface area is 132 Å². The molecular weight excluding hydrogens is 307 g/mol. The molecule has 0 aromatic carbocycles. The molecular formula is C15H18F3N5. The highest BCUT2D eigenvalue weighted by atomic mass is 19.4. The van der Waals surface area contributed by atoms with Gasteiger partial charge in [0.15, 0.2) is 5.69 Å². The molecule has 2 aromatic rings. The molecule has 1 atom stereocenters. The van der Waals surface area contributed by atoms with Crippen LogP contribution in [0.2, 0.25) is 0 Å². The first kappa shape index (κ1) is 15.8. The highest BCUT2D eigenvalue weighted by Gasteiger charge is 2.35. The van der Waals surface area contributed by atoms with Gasteiger partial charge in [-0.05, 0) is 19.3 Å². The average molecular weight is 325 g/mol. The summed E-state index contributed by atoms with van der Waals surface area (Å²) in [6, 6.07) is 1.90. The molecule has 3 rings (SSSR count). The van der Waals surface area contributed by atoms with Gasteiger partial charge >= 0.3 is 6.18 Å². The predicted octanol–water partition coefficient (Wildman–Crippen LogP) is 2.70. The van der Waals surface area contributed by atoms with Gasteiger partial charge in [0, 0.05) is 44.5 Å². The summed E-state index contributed by atoms with van der Waals surface area (Å²) in [6.45, 7) is 3.18. The van der Waals surface area contributed by atoms with Crippen molar-refractivity contribution >= 4 is 5.82 Å². The zero-order valence-corrected chi connectivity index (χ0v) is 13.0. The van der Waals surface area contributed by atoms with Crippen molar-refractivity contribution in [3.8, 4) is 0 Å². The molecule has 5 nitrogen and oxygen atoms in total. The van der Waals surface area contributed by atoms with Crippen LogP contribution in [-0.2, 0) is 19.1 Å². The molecule has 0 fully saturated rings. The maximum absolute atomic E-state index is 12.7. The molecule has 0 spiro atoms. The number of nitrogens with zero attached hydrogens (tertiary/aromatic N) is 5. The van der Waals surface area contributed by atoms with Crippen molar-refractivity contribution < 1.29 is 13.2 Å². The largest absolute Gasteiger partial charge is 0.434 e. The summed E-state index contributed by atoms with van der Waals surface area (Å²) >= 11 is 0. The van der Waals surface area contributed by atoms with Gasteiger partial charge in [-0.25, -0.2) is 15.0 Å². The second-order valence-corrected chi connectivity index (χ2v) is 6.00. The lowest BCUT2D eigenvalue weighted by Gasteiger charge is -2.28. The van der Waals surface area contributed by atoms with E-state index in [-0.39, 0.29) is 5.92 Å². The minimum Gasteiger partial charge on any atom is -0.359 e. The van der Waals surface area contributed by atoms with Gasteiger partial charge in [0.1, 0.15) is 18.0 Å². The summed E-state index contributed by atoms with van der Waals surface area (Å²) < 4.78 is 39.9. The number of rotatable bonds is 3. The Kier molecular flexibility index (Phi) is 3.99. The third-order valence-corrected chi connectivity index (χ3v) is 4.09. The van der Waals surface area contributed by atoms with E-state index in [1.807, 2.05) is 24.9 Å². The zero-order valence-electron chi connectivity index (χ0n) is 13.0. The number of halogens is 3. The Morgan fingerprint density at radius 2 is 2.13 bits per heavy atom. The van der Waals surface area contributed by atoms with Crippen LogP contribution < -0.4 is 4.90 Å². The van der Waals surface area contributed by atoms with Crippen molar-refractivity contribution in [1.82, 2.24) is 19.5 Å². The van der Waals surface area contributed by atoms with E-state index < -0.39 is 11.9 Å². The summed E-state index contributed by atoms with van der Waals surface area (Å²) in [6.07, 6.45) is -0.350. The standard InChI is InChI=1S/C15H18F3N5/c1-10-5-14(20-9-19-10)22(2)6-11-3-4-13-21-12(15(16,17)18)8-23(13)7-11/h5,8-9,11H,3-4,6-7H2,1-2H3/t11-/m1/s1. The Morgan fingerprint density at radius 1 is 1.35 bits per heavy atom. The second-order valence-electron chi connectivity index (χ2n) is 6.00. The lowest BCUT2D eigenvalue weighted by Crippen LogP contribution is -2.32. The fourth-order valence-corrected chi connectivity index (χ4v) is 2.93. The van der Waals surface area contributed by atoms with E-state index in [4.69, 9.17) is 0 Å². The van der Waals surface area contributed by atoms with Crippen molar-refractivity contribution in [3.63, 3.8) is 0 Å². The topological polar surface area (TPSA) is 46.8 Å². The number of fused-ring (bicyclic) bond motifs is 1. The molecule has 0 N–H and O–H groups in total. The van der Waals surface area contributed by atoms with Gasteiger partial charge < -0.3 is 9.47 Å². The number of aromatic nitrogens is 4. The quantitative estimate of drug-likeness (QED) is 0.870. The van der Waals surface area contributed by atoms with E-state index in [0.29, 0.717) is 18.8 Å². The molecule has 124 valence electrons. The van der Waals surface area contributed by atoms with Crippen LogP contribution in [0.1, 0.15) is 23.6 Å². The molecule has 0 saturated carbocycles. The van der Waals surface area contributed by atoms with Gasteiger partial charge in [0.2, 0.25) is 0 Å². The smallest absolute Gasteiger partial charge is 0.359 e. The Bertz CT molecular complexity index is 695. The van der Waals surface area contributed by atoms with Crippen LogP contribution in [0.5, 0.6) is 0 Å². The third-order valence-electron chi connectivity index (χ3n) is 4.09. The minimum absolute atomic E-state index is 0.262. The maximum atomic E-state index is 12.7. The number of anilines is 1. The fourth-order valence-electron chi connectivity index (χ4n) is 2.93. The zero-order chi connectivity index (χ0) is 16.6. The number of imidazole rings is 1. The van der Waals surface area contributed by atoms with Crippen LogP contribution >= 0.6 is 0 Å². The molecule has 0 aliphatic carbocycles. The molecule has 1 aliphatic heterocycles. The summed E-state index contributed by atoms with van der Waals surface area (Å²) in [5.74, 6) is 1.61. The van der Waals surface area contributed by atoms with Crippen LogP contribution in [-0.4, -0.2) is 33.1 Å². The van der Waals surface area contributed by atoms with Gasteiger partial charge in [0.05, 0.1) is 0 Å². The van der Waals surface area contributed by atoms with Crippen molar-refractivity contribution in [2.75, 3.05) is 18.5 Å². The van der Waals surface area contributed by atoms with Gasteiger partial charge in [-0.2, -0.15) is 13.2 Å². The molecule has 0 bridgehead atoms. The van der Waals surface area contributed by atoms with Crippen LogP contribution in [0.15, 0.2) is 18.6 Å². The molecule has 0 radical (unpaired) electrons. The molecule has 0 amide bonds. The highest BCUT2D eigenvalue weighted by Crippen LogP contribution is 2.31. The maximum Gasteiger partial charge on any atom is 0.434 e. The summed E-state index contributed by atoms with van der Waals surface area (Å²) in [5.41, 5.74) is 0.0881. The summed E-state index contributed by atoms with van der Waals surface area (Å²) in [5, 5.41) is 0. The van der Waals surface area contributed by atoms with E-state index in [0.717, 1.165) is 30.7 Å². The van der Waals surface area contributed by atoms with Crippen molar-refractivity contribution in [1.29, 1.82) is 0 Å². The van der Waals surface area contributed by atoms with Crippen LogP contribution in [0, 0.1) is 12.8 Å². The SMILES string of the molecule is Cc1cc(N(C)C[C@H]2CCc3nc(C(F)(F)F)cn3C2)ncn1. The molecule has 23 heavy (non-hydrogen) atoms. The molecule has 0 unspecified atom stereocenters. The van der Waals surface area contributed by atoms with E-state index in [2.05, 4.69) is 15.0 Å². The highest BCUT2D eigenvalue weighted by molar-refractivity contribution is 5.37. The molecule has 1 aliphatic rings. The molecule has 0 saturated heterocycles. The first-order valence-corrected chi connectivity index (χ1v) is 7.46. The fraction of sp³-hybridized carbons (Fsp3) is 0.533. The first-order chi connectivity index (χ1) is 10.8. The second kappa shape index (κ2) is 5.82. The average Bonchev–Trinajstić information content (AvgIpc) is 2.90. The lowest BCUT2D eigenvalue weighted by atomic mass is 9.99. The van der Waals surface area contributed by atoms with E-state index in [1.54, 1.807) is 4.57 Å². The van der Waals surface area contributed by atoms with E-state index >= 15 is 0 Å². The van der Waals surface area contributed by atoms with Gasteiger partial charge in [-0.15, -0.1) is 0 Å². The first-order valence-electron chi connectivity index (χ1n) is 7.46. The van der Waals surface area contributed by atoms with Crippen LogP contribution in [0.25, 0.3) is 0 Å². The number of aryl methyl sites for hydroxylation is 2. The van der Waals surface area contributed by atoms with Gasteiger partial charge in [-0.1, -0.05) is 0 Å². The van der Waals surface area contributed by atoms with Crippen LogP contribution in [0.3, 0.4) is 0 Å². The number of hydrogen-bond acceptors (Lipinski definition) is 4. The van der Waals surface area contributed by atoms with Crippen molar-refractivity contribution in [3.05, 3.63) is 35.8 Å². The Morgan fingerprint density at radius 3 is 2.83 bits per heavy atom. The number of alkyl halides is 3. The van der Waals surface area contributed by atoms with Crippen molar-refractivity contribution in [2.24, 2.45) is 5.92 Å². The predicted molar refractivity (Wildman–Crippen MR) is 79.1 cm³/mol. The monoisotopic (exact) mass is 325 g/mol. The Hall–Kier alpha value is -2.12. The minimum atomic E-state index is -4.38. The molecule has 3 heterocycles. The van der Waals surface area contributed by atoms with E-state index in [1.165, 1.54) is 6.33 Å². The lowest BCUT2D eigenvalue weighted by molar-refractivity contribution is -0.141. The van der Waals surface area contributed by atoms with Crippen LogP contribution in [0.4, 0.5) is 19.0 Å². The summed E-state index contributed by atoms with van der Waals surface area (Å²) in [7, 11) is 1.94. The summed E-state index contributed by atoms with van der Waals surface area (Å²) in [4.78, 5) is 14.0. The van der Waals surface area contributed by atoms with Crippen molar-refractivity contribution in [2.45, 2.75) is 32.5 Å².